The first kappa shape index (κ1) is 59.7. The Hall–Kier alpha value is -4.06. The van der Waals surface area contributed by atoms with Gasteiger partial charge in [0, 0.05) is 36.3 Å². The topological polar surface area (TPSA) is 129 Å². The van der Waals surface area contributed by atoms with Gasteiger partial charge in [0.2, 0.25) is 0 Å². The third-order valence-electron chi connectivity index (χ3n) is 13.0. The van der Waals surface area contributed by atoms with Crippen LogP contribution in [0.4, 0.5) is 0 Å². The minimum absolute atomic E-state index is 0.474. The molecular formula is C56H68O14SSi11. The van der Waals surface area contributed by atoms with E-state index in [2.05, 4.69) is 52.4 Å². The lowest BCUT2D eigenvalue weighted by atomic mass is 10.4. The molecule has 4 saturated heterocycles. The SMILES string of the molecule is C[SiH](C)O[Si]1(c2ccccc2)O[Si]2(c3ccccc3)O[Si](O[SiH](C)C)(c3ccccc3)O[Si](c3ccccc3)(O1)OS1(c3ccccc3)O[Si](O[SiH](C)C)(c3ccccc3)O[Si](c3ccccc3)(O2)O[Si](O[SiH](C)C)(c2ccccc2)O1. The normalized spacial score (nSPS) is 30.3. The summed E-state index contributed by atoms with van der Waals surface area (Å²) in [5.74, 6) is 0. The van der Waals surface area contributed by atoms with E-state index < -0.39 is 109 Å². The van der Waals surface area contributed by atoms with Crippen LogP contribution in [0.3, 0.4) is 0 Å². The van der Waals surface area contributed by atoms with E-state index in [0.717, 1.165) is 0 Å². The second-order valence-corrected chi connectivity index (χ2v) is 53.9. The highest BCUT2D eigenvalue weighted by Crippen LogP contribution is 2.66. The molecule has 4 fully saturated rings. The van der Waals surface area contributed by atoms with Gasteiger partial charge in [-0.05, 0) is 64.5 Å². The van der Waals surface area contributed by atoms with E-state index in [1.807, 2.05) is 243 Å². The Kier molecular flexibility index (Phi) is 18.0. The van der Waals surface area contributed by atoms with E-state index in [-0.39, 0.29) is 0 Å². The Labute approximate surface area is 498 Å². The van der Waals surface area contributed by atoms with Crippen molar-refractivity contribution in [2.45, 2.75) is 57.3 Å². The minimum Gasteiger partial charge on any atom is -0.416 e. The summed E-state index contributed by atoms with van der Waals surface area (Å²) in [5, 5.41) is 3.99. The molecule has 0 aromatic heterocycles. The highest BCUT2D eigenvalue weighted by molar-refractivity contribution is 8.24. The quantitative estimate of drug-likeness (QED) is 0.0950. The van der Waals surface area contributed by atoms with Crippen molar-refractivity contribution >= 4 is 145 Å². The maximum atomic E-state index is 8.64. The molecule has 8 aromatic carbocycles. The Morgan fingerprint density at radius 1 is 0.244 bits per heavy atom. The summed E-state index contributed by atoms with van der Waals surface area (Å²) in [4.78, 5) is 0.474. The van der Waals surface area contributed by atoms with Gasteiger partial charge in [0.15, 0.2) is 36.2 Å². The predicted octanol–water partition coefficient (Wildman–Crippen LogP) is 6.72. The first-order valence-electron chi connectivity index (χ1n) is 27.6. The molecule has 82 heavy (non-hydrogen) atoms. The molecule has 4 aliphatic rings. The first-order valence-corrected chi connectivity index (χ1v) is 52.2. The molecule has 14 nitrogen and oxygen atoms in total. The van der Waals surface area contributed by atoms with E-state index >= 15 is 0 Å². The van der Waals surface area contributed by atoms with Crippen LogP contribution in [0.15, 0.2) is 248 Å². The highest BCUT2D eigenvalue weighted by Gasteiger charge is 2.79. The van der Waals surface area contributed by atoms with Gasteiger partial charge in [0.05, 0.1) is 4.90 Å². The van der Waals surface area contributed by atoms with Crippen molar-refractivity contribution in [1.82, 2.24) is 0 Å². The molecule has 8 aromatic rings. The van der Waals surface area contributed by atoms with Gasteiger partial charge in [-0.15, -0.1) is 0 Å². The van der Waals surface area contributed by atoms with Crippen molar-refractivity contribution in [3.8, 4) is 0 Å². The summed E-state index contributed by atoms with van der Waals surface area (Å²) in [6.07, 6.45) is 0. The highest BCUT2D eigenvalue weighted by atomic mass is 32.3. The molecule has 0 spiro atoms. The second kappa shape index (κ2) is 24.7. The Balaban J connectivity index is 1.43. The molecule has 4 heterocycles. The van der Waals surface area contributed by atoms with Crippen LogP contribution in [0.2, 0.25) is 52.4 Å². The van der Waals surface area contributed by atoms with Crippen molar-refractivity contribution in [1.29, 1.82) is 0 Å². The van der Waals surface area contributed by atoms with Crippen LogP contribution >= 0.6 is 10.9 Å². The maximum absolute atomic E-state index is 8.64. The van der Waals surface area contributed by atoms with Gasteiger partial charge < -0.3 is 45.3 Å². The Bertz CT molecular complexity index is 2880. The van der Waals surface area contributed by atoms with Crippen LogP contribution in [0.25, 0.3) is 0 Å². The molecule has 4 atom stereocenters. The molecule has 4 unspecified atom stereocenters. The van der Waals surface area contributed by atoms with Crippen LogP contribution in [0, 0.1) is 0 Å². The molecule has 426 valence electrons. The molecule has 26 heteroatoms. The van der Waals surface area contributed by atoms with E-state index in [9.17, 15) is 0 Å². The van der Waals surface area contributed by atoms with Gasteiger partial charge in [0.25, 0.3) is 0 Å². The zero-order valence-corrected chi connectivity index (χ0v) is 59.5. The zero-order valence-electron chi connectivity index (χ0n) is 47.0. The van der Waals surface area contributed by atoms with E-state index in [0.29, 0.717) is 41.2 Å². The lowest BCUT2D eigenvalue weighted by molar-refractivity contribution is 0.0719. The van der Waals surface area contributed by atoms with E-state index in [1.54, 1.807) is 0 Å². The molecule has 0 saturated carbocycles. The smallest absolute Gasteiger partial charge is 0.416 e. The summed E-state index contributed by atoms with van der Waals surface area (Å²) in [6.45, 7) is 16.7. The van der Waals surface area contributed by atoms with Gasteiger partial charge in [-0.1, -0.05) is 231 Å². The third kappa shape index (κ3) is 12.1. The number of rotatable bonds is 16. The van der Waals surface area contributed by atoms with Gasteiger partial charge in [0.1, 0.15) is 10.9 Å². The molecule has 0 aliphatic carbocycles. The van der Waals surface area contributed by atoms with Gasteiger partial charge in [-0.2, -0.15) is 0 Å². The average molecular weight is 1310 g/mol. The molecule has 4 aliphatic heterocycles. The molecule has 12 rings (SSSR count). The van der Waals surface area contributed by atoms with Crippen LogP contribution in [0.1, 0.15) is 0 Å². The molecule has 4 bridgehead atoms. The van der Waals surface area contributed by atoms with Gasteiger partial charge in [-0.3, -0.25) is 11.6 Å². The lowest BCUT2D eigenvalue weighted by Crippen LogP contribution is -2.87. The van der Waals surface area contributed by atoms with Crippen LogP contribution in [0.5, 0.6) is 0 Å². The maximum Gasteiger partial charge on any atom is 0.536 e. The predicted molar refractivity (Wildman–Crippen MR) is 346 cm³/mol. The summed E-state index contributed by atoms with van der Waals surface area (Å²) < 4.78 is 116. The lowest BCUT2D eigenvalue weighted by Gasteiger charge is -2.58. The monoisotopic (exact) mass is 1300 g/mol. The van der Waals surface area contributed by atoms with Crippen molar-refractivity contribution in [2.75, 3.05) is 0 Å². The fourth-order valence-corrected chi connectivity index (χ4v) is 61.7. The average Bonchev–Trinajstić information content (AvgIpc) is 3.62. The zero-order chi connectivity index (χ0) is 57.1. The number of fused-ring (bicyclic) bond motifs is 4. The summed E-state index contributed by atoms with van der Waals surface area (Å²) in [7, 11) is -47.7. The summed E-state index contributed by atoms with van der Waals surface area (Å²) in [5.41, 5.74) is 0. The Morgan fingerprint density at radius 2 is 0.463 bits per heavy atom. The summed E-state index contributed by atoms with van der Waals surface area (Å²) in [6, 6.07) is 78.0. The van der Waals surface area contributed by atoms with Gasteiger partial charge in [-0.25, -0.2) is 0 Å². The molecule has 0 radical (unpaired) electrons. The minimum atomic E-state index is -5.15. The Morgan fingerprint density at radius 3 is 0.756 bits per heavy atom. The third-order valence-corrected chi connectivity index (χ3v) is 54.0. The van der Waals surface area contributed by atoms with Crippen molar-refractivity contribution in [3.63, 3.8) is 0 Å². The second-order valence-electron chi connectivity index (χ2n) is 20.9. The largest absolute Gasteiger partial charge is 0.536 e. The fourth-order valence-electron chi connectivity index (χ4n) is 9.87. The van der Waals surface area contributed by atoms with Gasteiger partial charge >= 0.3 is 61.6 Å². The van der Waals surface area contributed by atoms with E-state index in [4.69, 9.17) is 56.9 Å². The van der Waals surface area contributed by atoms with E-state index in [1.165, 1.54) is 0 Å². The van der Waals surface area contributed by atoms with Crippen molar-refractivity contribution in [2.24, 2.45) is 0 Å². The standard InChI is InChI=1S/C56H68O14SSi11/c1-72(2)60-76(50-35-19-10-20-36-50)57-71(49-33-17-9-18-34-49)58-77(61-73(3)4,51-37-21-11-22-38-51)65-81(64-76,55-45-29-15-30-46-55)70-82(56-47-31-16-32-48-56)68-79(62-74(5)6,53-41-25-13-26-42-53)66-78(59-71,52-39-23-12-24-40-52)67-80(69-82,63-75(7)8)54-43-27-14-28-44-54/h9-48,72-75H,1-8H3. The number of hydrogen-bond donors (Lipinski definition) is 0. The number of hydrogen-bond acceptors (Lipinski definition) is 14. The molecule has 0 amide bonds. The number of benzene rings is 8. The summed E-state index contributed by atoms with van der Waals surface area (Å²) >= 11 is 0. The van der Waals surface area contributed by atoms with Crippen LogP contribution in [-0.4, -0.2) is 97.8 Å². The van der Waals surface area contributed by atoms with Crippen molar-refractivity contribution < 1.29 is 56.9 Å². The first-order chi connectivity index (χ1) is 39.6. The van der Waals surface area contributed by atoms with Crippen LogP contribution in [-0.2, 0) is 56.9 Å². The fraction of sp³-hybridized carbons (Fsp3) is 0.143. The molecular weight excluding hydrogens is 1240 g/mol. The van der Waals surface area contributed by atoms with Crippen molar-refractivity contribution in [3.05, 3.63) is 243 Å². The van der Waals surface area contributed by atoms with Crippen LogP contribution < -0.4 is 36.3 Å². The molecule has 0 N–H and O–H groups in total.